The van der Waals surface area contributed by atoms with E-state index in [1.165, 1.54) is 167 Å². The van der Waals surface area contributed by atoms with E-state index in [4.69, 9.17) is 0 Å². The quantitative estimate of drug-likeness (QED) is 0.151. The Kier molecular flexibility index (Phi) is 9.49. The van der Waals surface area contributed by atoms with Crippen LogP contribution in [-0.2, 0) is 5.41 Å². The number of para-hydroxylation sites is 2. The first-order valence-corrected chi connectivity index (χ1v) is 26.4. The van der Waals surface area contributed by atoms with Crippen LogP contribution in [0.25, 0.3) is 111 Å². The Morgan fingerprint density at radius 3 is 1.38 bits per heavy atom. The molecule has 2 saturated carbocycles. The first-order chi connectivity index (χ1) is 35.7. The third kappa shape index (κ3) is 6.41. The number of benzene rings is 10. The molecular weight excluding hydrogens is 869 g/mol. The van der Waals surface area contributed by atoms with Crippen LogP contribution in [0.5, 0.6) is 0 Å². The number of rotatable bonds is 7. The van der Waals surface area contributed by atoms with Gasteiger partial charge in [0.25, 0.3) is 0 Å². The van der Waals surface area contributed by atoms with E-state index in [1.807, 2.05) is 0 Å². The second kappa shape index (κ2) is 16.4. The van der Waals surface area contributed by atoms with Crippen LogP contribution in [-0.4, -0.2) is 9.13 Å². The fraction of sp³-hybridized carbons (Fsp3) is 0.143. The maximum atomic E-state index is 2.53. The van der Waals surface area contributed by atoms with Gasteiger partial charge in [0.15, 0.2) is 0 Å². The lowest BCUT2D eigenvalue weighted by Gasteiger charge is -2.27. The summed E-state index contributed by atoms with van der Waals surface area (Å²) in [7, 11) is 0. The molecule has 3 aliphatic carbocycles. The zero-order chi connectivity index (χ0) is 47.3. The van der Waals surface area contributed by atoms with Crippen molar-refractivity contribution in [3.63, 3.8) is 0 Å². The SMILES string of the molecule is c1ccc(-c2ccc(-c3ccc4c(c3)c3ccccc3n4-c3ccc(-c4ccc(-n5c6ccccc6c6cc(-c7ccc8c(c7)C7(CCCC7)c7ccccc7-8)ccc65)cc4)cc3)cc2C2CCCC2)cc1. The molecular formula is C70H54N2. The highest BCUT2D eigenvalue weighted by Crippen LogP contribution is 2.57. The number of aromatic nitrogens is 2. The second-order valence-corrected chi connectivity index (χ2v) is 21.0. The summed E-state index contributed by atoms with van der Waals surface area (Å²) in [5.74, 6) is 0.617. The Labute approximate surface area is 421 Å². The number of hydrogen-bond acceptors (Lipinski definition) is 0. The molecule has 2 aromatic heterocycles. The molecule has 0 radical (unpaired) electrons. The van der Waals surface area contributed by atoms with Crippen molar-refractivity contribution in [2.45, 2.75) is 62.7 Å². The molecule has 72 heavy (non-hydrogen) atoms. The summed E-state index contributed by atoms with van der Waals surface area (Å²) in [6.45, 7) is 0. The van der Waals surface area contributed by atoms with E-state index >= 15 is 0 Å². The van der Waals surface area contributed by atoms with E-state index in [2.05, 4.69) is 234 Å². The van der Waals surface area contributed by atoms with Gasteiger partial charge in [-0.25, -0.2) is 0 Å². The molecule has 1 spiro atoms. The van der Waals surface area contributed by atoms with E-state index in [0.717, 1.165) is 5.69 Å². The molecule has 0 N–H and O–H groups in total. The second-order valence-electron chi connectivity index (χ2n) is 21.0. The molecule has 2 nitrogen and oxygen atoms in total. The van der Waals surface area contributed by atoms with E-state index in [9.17, 15) is 0 Å². The Balaban J connectivity index is 0.744. The fourth-order valence-electron chi connectivity index (χ4n) is 13.8. The van der Waals surface area contributed by atoms with Gasteiger partial charge in [-0.3, -0.25) is 0 Å². The van der Waals surface area contributed by atoms with E-state index in [1.54, 1.807) is 5.56 Å². The largest absolute Gasteiger partial charge is 0.309 e. The minimum atomic E-state index is 0.158. The molecule has 15 rings (SSSR count). The van der Waals surface area contributed by atoms with E-state index in [-0.39, 0.29) is 5.41 Å². The van der Waals surface area contributed by atoms with Crippen LogP contribution >= 0.6 is 0 Å². The zero-order valence-electron chi connectivity index (χ0n) is 40.5. The van der Waals surface area contributed by atoms with Crippen LogP contribution in [0.2, 0.25) is 0 Å². The van der Waals surface area contributed by atoms with Gasteiger partial charge in [-0.05, 0) is 171 Å². The normalized spacial score (nSPS) is 15.1. The molecule has 0 saturated heterocycles. The van der Waals surface area contributed by atoms with Gasteiger partial charge < -0.3 is 9.13 Å². The topological polar surface area (TPSA) is 9.86 Å². The van der Waals surface area contributed by atoms with Crippen molar-refractivity contribution in [2.75, 3.05) is 0 Å². The molecule has 2 fully saturated rings. The highest BCUT2D eigenvalue weighted by atomic mass is 15.0. The van der Waals surface area contributed by atoms with Crippen LogP contribution in [0, 0.1) is 0 Å². The Morgan fingerprint density at radius 1 is 0.306 bits per heavy atom. The molecule has 0 bridgehead atoms. The molecule has 344 valence electrons. The van der Waals surface area contributed by atoms with Crippen molar-refractivity contribution >= 4 is 43.6 Å². The van der Waals surface area contributed by atoms with Crippen LogP contribution < -0.4 is 0 Å². The van der Waals surface area contributed by atoms with Crippen molar-refractivity contribution in [3.8, 4) is 67.0 Å². The average Bonchev–Trinajstić information content (AvgIpc) is 4.32. The smallest absolute Gasteiger partial charge is 0.0541 e. The summed E-state index contributed by atoms with van der Waals surface area (Å²) in [6, 6.07) is 84.9. The van der Waals surface area contributed by atoms with Gasteiger partial charge in [0.2, 0.25) is 0 Å². The first-order valence-electron chi connectivity index (χ1n) is 26.4. The van der Waals surface area contributed by atoms with Gasteiger partial charge in [-0.1, -0.05) is 183 Å². The lowest BCUT2D eigenvalue weighted by molar-refractivity contribution is 0.550. The van der Waals surface area contributed by atoms with Gasteiger partial charge in [0, 0.05) is 38.3 Å². The molecule has 0 atom stereocenters. The number of fused-ring (bicyclic) bond motifs is 11. The minimum absolute atomic E-state index is 0.158. The highest BCUT2D eigenvalue weighted by Gasteiger charge is 2.45. The molecule has 2 heterocycles. The van der Waals surface area contributed by atoms with Crippen molar-refractivity contribution in [3.05, 3.63) is 241 Å². The Bertz CT molecular complexity index is 4080. The van der Waals surface area contributed by atoms with Crippen molar-refractivity contribution < 1.29 is 0 Å². The zero-order valence-corrected chi connectivity index (χ0v) is 40.5. The van der Waals surface area contributed by atoms with Crippen LogP contribution in [0.3, 0.4) is 0 Å². The summed E-state index contributed by atoms with van der Waals surface area (Å²) < 4.78 is 4.88. The Morgan fingerprint density at radius 2 is 0.764 bits per heavy atom. The van der Waals surface area contributed by atoms with Gasteiger partial charge >= 0.3 is 0 Å². The molecule has 0 amide bonds. The third-order valence-corrected chi connectivity index (χ3v) is 17.3. The summed E-state index contributed by atoms with van der Waals surface area (Å²) in [5, 5.41) is 5.13. The third-order valence-electron chi connectivity index (χ3n) is 17.3. The average molecular weight is 923 g/mol. The highest BCUT2D eigenvalue weighted by molar-refractivity contribution is 6.12. The van der Waals surface area contributed by atoms with Crippen molar-refractivity contribution in [2.24, 2.45) is 0 Å². The molecule has 0 aliphatic heterocycles. The summed E-state index contributed by atoms with van der Waals surface area (Å²) in [4.78, 5) is 0. The lowest BCUT2D eigenvalue weighted by Crippen LogP contribution is -2.20. The van der Waals surface area contributed by atoms with Gasteiger partial charge in [0.05, 0.1) is 22.1 Å². The summed E-state index contributed by atoms with van der Waals surface area (Å²) in [5.41, 5.74) is 25.1. The standard InChI is InChI=1S/C70H54N2/c1-2-14-48(15-3-1)56-36-28-50(42-61(56)49-16-4-5-17-49)51-30-38-68-62(43-51)59-19-7-10-22-66(59)71(68)54-32-24-46(25-33-54)47-26-34-55(35-27-47)72-67-23-11-8-20-60(67)63-44-52(31-39-69(63)72)53-29-37-58-57-18-6-9-21-64(57)70(65(58)45-53)40-12-13-41-70/h1-3,6-11,14-15,18-39,42-45,49H,4-5,12-13,16-17,40-41H2. The summed E-state index contributed by atoms with van der Waals surface area (Å²) in [6.07, 6.45) is 10.3. The number of hydrogen-bond donors (Lipinski definition) is 0. The van der Waals surface area contributed by atoms with Crippen LogP contribution in [0.15, 0.2) is 224 Å². The number of nitrogens with zero attached hydrogens (tertiary/aromatic N) is 2. The van der Waals surface area contributed by atoms with Gasteiger partial charge in [-0.2, -0.15) is 0 Å². The molecule has 10 aromatic carbocycles. The lowest BCUT2D eigenvalue weighted by atomic mass is 9.76. The monoisotopic (exact) mass is 922 g/mol. The predicted octanol–water partition coefficient (Wildman–Crippen LogP) is 19.0. The predicted molar refractivity (Wildman–Crippen MR) is 303 cm³/mol. The minimum Gasteiger partial charge on any atom is -0.309 e. The van der Waals surface area contributed by atoms with Crippen LogP contribution in [0.1, 0.15) is 74.0 Å². The maximum Gasteiger partial charge on any atom is 0.0541 e. The molecule has 3 aliphatic rings. The van der Waals surface area contributed by atoms with Crippen molar-refractivity contribution in [1.82, 2.24) is 9.13 Å². The molecule has 12 aromatic rings. The van der Waals surface area contributed by atoms with Crippen molar-refractivity contribution in [1.29, 1.82) is 0 Å². The maximum absolute atomic E-state index is 2.53. The van der Waals surface area contributed by atoms with Gasteiger partial charge in [0.1, 0.15) is 0 Å². The fourth-order valence-corrected chi connectivity index (χ4v) is 13.8. The summed E-state index contributed by atoms with van der Waals surface area (Å²) >= 11 is 0. The van der Waals surface area contributed by atoms with E-state index in [0.29, 0.717) is 5.92 Å². The first kappa shape index (κ1) is 41.6. The Hall–Kier alpha value is -8.20. The molecule has 0 unspecified atom stereocenters. The van der Waals surface area contributed by atoms with E-state index < -0.39 is 0 Å². The molecule has 2 heteroatoms. The van der Waals surface area contributed by atoms with Gasteiger partial charge in [-0.15, -0.1) is 0 Å². The van der Waals surface area contributed by atoms with Crippen LogP contribution in [0.4, 0.5) is 0 Å².